The number of hydrogen-bond donors (Lipinski definition) is 1. The number of aromatic hydroxyl groups is 1. The van der Waals surface area contributed by atoms with Crippen LogP contribution in [0.4, 0.5) is 0 Å². The summed E-state index contributed by atoms with van der Waals surface area (Å²) in [4.78, 5) is 2.52. The molecule has 5 rings (SSSR count). The fraction of sp³-hybridized carbons (Fsp3) is 0.467. The van der Waals surface area contributed by atoms with E-state index in [2.05, 4.69) is 21.7 Å². The number of hydrogen-bond acceptors (Lipinski definition) is 2. The van der Waals surface area contributed by atoms with Gasteiger partial charge in [-0.1, -0.05) is 18.2 Å². The molecule has 3 saturated heterocycles. The minimum Gasteiger partial charge on any atom is -0.494 e. The Balaban J connectivity index is 1.80. The van der Waals surface area contributed by atoms with E-state index in [-0.39, 0.29) is 0 Å². The Kier molecular flexibility index (Phi) is 2.18. The lowest BCUT2D eigenvalue weighted by Gasteiger charge is -2.45. The molecule has 3 aliphatic heterocycles. The van der Waals surface area contributed by atoms with Crippen molar-refractivity contribution >= 4 is 10.8 Å². The summed E-state index contributed by atoms with van der Waals surface area (Å²) in [6.07, 6.45) is 4.68. The second-order valence-corrected chi connectivity index (χ2v) is 5.65. The van der Waals surface area contributed by atoms with Crippen LogP contribution in [0.3, 0.4) is 0 Å². The van der Waals surface area contributed by atoms with Crippen molar-refractivity contribution in [2.75, 3.05) is 19.6 Å². The standard InChI is InChI=1S/C15H18N2O/c18-15-13-4-2-1-3-12(13)9-17(15)14-10-16-7-5-11(14)6-8-16/h1-4,9,11,14,18H,5-8,10H2/t14-/m0/s1. The average Bonchev–Trinajstić information content (AvgIpc) is 2.78. The first-order valence-corrected chi connectivity index (χ1v) is 6.84. The zero-order valence-corrected chi connectivity index (χ0v) is 10.4. The van der Waals surface area contributed by atoms with Crippen molar-refractivity contribution in [1.29, 1.82) is 0 Å². The van der Waals surface area contributed by atoms with E-state index in [1.165, 1.54) is 25.9 Å². The van der Waals surface area contributed by atoms with Crippen LogP contribution >= 0.6 is 0 Å². The Labute approximate surface area is 107 Å². The first kappa shape index (κ1) is 10.4. The molecule has 0 unspecified atom stereocenters. The van der Waals surface area contributed by atoms with E-state index < -0.39 is 0 Å². The molecule has 0 spiro atoms. The molecule has 1 N–H and O–H groups in total. The van der Waals surface area contributed by atoms with Crippen LogP contribution in [0.25, 0.3) is 10.8 Å². The van der Waals surface area contributed by atoms with Crippen LogP contribution in [0.1, 0.15) is 18.9 Å². The van der Waals surface area contributed by atoms with Crippen molar-refractivity contribution in [2.45, 2.75) is 18.9 Å². The highest BCUT2D eigenvalue weighted by molar-refractivity contribution is 5.87. The summed E-state index contributed by atoms with van der Waals surface area (Å²) in [5, 5.41) is 12.5. The van der Waals surface area contributed by atoms with Crippen LogP contribution in [0.5, 0.6) is 5.88 Å². The van der Waals surface area contributed by atoms with Crippen molar-refractivity contribution < 1.29 is 5.11 Å². The first-order valence-electron chi connectivity index (χ1n) is 6.84. The van der Waals surface area contributed by atoms with Crippen molar-refractivity contribution in [3.63, 3.8) is 0 Å². The van der Waals surface area contributed by atoms with Gasteiger partial charge in [-0.15, -0.1) is 0 Å². The summed E-state index contributed by atoms with van der Waals surface area (Å²) in [6, 6.07) is 8.56. The largest absolute Gasteiger partial charge is 0.494 e. The number of rotatable bonds is 1. The van der Waals surface area contributed by atoms with E-state index in [4.69, 9.17) is 0 Å². The lowest BCUT2D eigenvalue weighted by molar-refractivity contribution is 0.0541. The van der Waals surface area contributed by atoms with Gasteiger partial charge in [-0.05, 0) is 37.9 Å². The van der Waals surface area contributed by atoms with Gasteiger partial charge in [-0.3, -0.25) is 0 Å². The van der Waals surface area contributed by atoms with E-state index in [1.54, 1.807) is 0 Å². The fourth-order valence-electron chi connectivity index (χ4n) is 3.67. The summed E-state index contributed by atoms with van der Waals surface area (Å²) < 4.78 is 2.11. The predicted octanol–water partition coefficient (Wildman–Crippen LogP) is 2.61. The SMILES string of the molecule is Oc1c2ccccc2cn1[C@H]1CN2CCC1CC2. The minimum absolute atomic E-state index is 0.448. The highest BCUT2D eigenvalue weighted by Crippen LogP contribution is 2.40. The number of piperidine rings is 3. The topological polar surface area (TPSA) is 28.4 Å². The maximum atomic E-state index is 10.4. The third-order valence-corrected chi connectivity index (χ3v) is 4.70. The molecule has 3 nitrogen and oxygen atoms in total. The zero-order chi connectivity index (χ0) is 12.1. The van der Waals surface area contributed by atoms with Gasteiger partial charge in [-0.2, -0.15) is 0 Å². The second-order valence-electron chi connectivity index (χ2n) is 5.65. The Morgan fingerprint density at radius 3 is 2.56 bits per heavy atom. The first-order chi connectivity index (χ1) is 8.83. The third-order valence-electron chi connectivity index (χ3n) is 4.70. The van der Waals surface area contributed by atoms with E-state index >= 15 is 0 Å². The summed E-state index contributed by atoms with van der Waals surface area (Å²) in [7, 11) is 0. The zero-order valence-electron chi connectivity index (χ0n) is 10.4. The molecule has 3 heteroatoms. The predicted molar refractivity (Wildman–Crippen MR) is 71.8 cm³/mol. The Morgan fingerprint density at radius 1 is 1.11 bits per heavy atom. The van der Waals surface area contributed by atoms with Crippen molar-refractivity contribution in [2.24, 2.45) is 5.92 Å². The van der Waals surface area contributed by atoms with Crippen LogP contribution in [0, 0.1) is 5.92 Å². The molecule has 0 aliphatic carbocycles. The molecule has 1 atom stereocenters. The van der Waals surface area contributed by atoms with Crippen LogP contribution in [-0.4, -0.2) is 34.2 Å². The van der Waals surface area contributed by atoms with Crippen molar-refractivity contribution in [3.05, 3.63) is 30.5 Å². The molecule has 18 heavy (non-hydrogen) atoms. The molecule has 3 aliphatic rings. The van der Waals surface area contributed by atoms with E-state index in [0.717, 1.165) is 23.2 Å². The van der Waals surface area contributed by atoms with E-state index in [9.17, 15) is 5.11 Å². The number of benzene rings is 1. The van der Waals surface area contributed by atoms with Crippen LogP contribution in [-0.2, 0) is 0 Å². The minimum atomic E-state index is 0.448. The summed E-state index contributed by atoms with van der Waals surface area (Å²) >= 11 is 0. The maximum absolute atomic E-state index is 10.4. The van der Waals surface area contributed by atoms with Gasteiger partial charge >= 0.3 is 0 Å². The van der Waals surface area contributed by atoms with Gasteiger partial charge in [0.05, 0.1) is 6.04 Å². The van der Waals surface area contributed by atoms with Gasteiger partial charge in [0.25, 0.3) is 0 Å². The van der Waals surface area contributed by atoms with Gasteiger partial charge in [0.2, 0.25) is 0 Å². The van der Waals surface area contributed by atoms with E-state index in [0.29, 0.717) is 11.9 Å². The molecule has 1 aromatic carbocycles. The fourth-order valence-corrected chi connectivity index (χ4v) is 3.67. The van der Waals surface area contributed by atoms with Crippen molar-refractivity contribution in [3.8, 4) is 5.88 Å². The molecule has 0 radical (unpaired) electrons. The van der Waals surface area contributed by atoms with Crippen LogP contribution in [0.15, 0.2) is 30.5 Å². The van der Waals surface area contributed by atoms with Gasteiger partial charge in [-0.25, -0.2) is 0 Å². The highest BCUT2D eigenvalue weighted by atomic mass is 16.3. The number of nitrogens with zero attached hydrogens (tertiary/aromatic N) is 2. The maximum Gasteiger partial charge on any atom is 0.199 e. The van der Waals surface area contributed by atoms with Gasteiger partial charge in [0.1, 0.15) is 0 Å². The molecule has 0 saturated carbocycles. The Bertz CT molecular complexity index is 581. The Morgan fingerprint density at radius 2 is 1.89 bits per heavy atom. The molecular weight excluding hydrogens is 224 g/mol. The van der Waals surface area contributed by atoms with Gasteiger partial charge < -0.3 is 14.6 Å². The molecule has 2 bridgehead atoms. The number of aromatic nitrogens is 1. The molecular formula is C15H18N2O. The molecule has 94 valence electrons. The second kappa shape index (κ2) is 3.75. The summed E-state index contributed by atoms with van der Waals surface area (Å²) in [6.45, 7) is 3.57. The van der Waals surface area contributed by atoms with E-state index in [1.807, 2.05) is 18.2 Å². The highest BCUT2D eigenvalue weighted by Gasteiger charge is 2.36. The third kappa shape index (κ3) is 1.40. The van der Waals surface area contributed by atoms with Gasteiger partial charge in [0.15, 0.2) is 5.88 Å². The summed E-state index contributed by atoms with van der Waals surface area (Å²) in [5.41, 5.74) is 0. The normalized spacial score (nSPS) is 31.0. The monoisotopic (exact) mass is 242 g/mol. The Hall–Kier alpha value is -1.48. The molecule has 2 aromatic rings. The molecule has 3 fully saturated rings. The number of fused-ring (bicyclic) bond motifs is 4. The lowest BCUT2D eigenvalue weighted by Crippen LogP contribution is -2.47. The van der Waals surface area contributed by atoms with Crippen LogP contribution in [0.2, 0.25) is 0 Å². The molecule has 1 aromatic heterocycles. The quantitative estimate of drug-likeness (QED) is 0.832. The van der Waals surface area contributed by atoms with Crippen molar-refractivity contribution in [1.82, 2.24) is 9.47 Å². The molecule has 0 amide bonds. The lowest BCUT2D eigenvalue weighted by atomic mass is 9.84. The smallest absolute Gasteiger partial charge is 0.199 e. The molecule has 4 heterocycles. The average molecular weight is 242 g/mol. The van der Waals surface area contributed by atoms with Crippen LogP contribution < -0.4 is 0 Å². The van der Waals surface area contributed by atoms with Gasteiger partial charge in [0, 0.05) is 23.5 Å². The summed E-state index contributed by atoms with van der Waals surface area (Å²) in [5.74, 6) is 1.19.